The predicted octanol–water partition coefficient (Wildman–Crippen LogP) is 2.39. The topological polar surface area (TPSA) is 40.5 Å². The molecule has 0 aliphatic rings. The normalized spacial score (nSPS) is 12.1. The summed E-state index contributed by atoms with van der Waals surface area (Å²) < 4.78 is 12.8. The smallest absolute Gasteiger partial charge is 0.123 e. The van der Waals surface area contributed by atoms with Crippen LogP contribution in [0.15, 0.2) is 24.3 Å². The summed E-state index contributed by atoms with van der Waals surface area (Å²) in [7, 11) is 0. The molecule has 1 rings (SSSR count). The highest BCUT2D eigenvalue weighted by Gasteiger charge is 2.29. The van der Waals surface area contributed by atoms with Crippen molar-refractivity contribution in [3.8, 4) is 0 Å². The van der Waals surface area contributed by atoms with Crippen molar-refractivity contribution in [3.05, 3.63) is 35.6 Å². The number of benzene rings is 1. The van der Waals surface area contributed by atoms with Gasteiger partial charge in [-0.25, -0.2) is 4.39 Å². The van der Waals surface area contributed by atoms with E-state index in [4.69, 9.17) is 0 Å². The fourth-order valence-electron chi connectivity index (χ4n) is 2.26. The quantitative estimate of drug-likeness (QED) is 0.801. The van der Waals surface area contributed by atoms with Gasteiger partial charge in [0.25, 0.3) is 0 Å². The Balaban J connectivity index is 2.82. The molecule has 0 amide bonds. The highest BCUT2D eigenvalue weighted by molar-refractivity contribution is 5.18. The van der Waals surface area contributed by atoms with E-state index < -0.39 is 5.41 Å². The molecular weight excluding hydrogens is 219 g/mol. The molecule has 0 aliphatic carbocycles. The molecule has 0 heterocycles. The largest absolute Gasteiger partial charge is 0.396 e. The van der Waals surface area contributed by atoms with Crippen LogP contribution >= 0.6 is 0 Å². The van der Waals surface area contributed by atoms with Gasteiger partial charge in [-0.1, -0.05) is 26.0 Å². The summed E-state index contributed by atoms with van der Waals surface area (Å²) in [5, 5.41) is 19.0. The van der Waals surface area contributed by atoms with Gasteiger partial charge < -0.3 is 10.2 Å². The van der Waals surface area contributed by atoms with E-state index in [0.717, 1.165) is 12.0 Å². The minimum Gasteiger partial charge on any atom is -0.396 e. The molecule has 0 saturated carbocycles. The van der Waals surface area contributed by atoms with Crippen molar-refractivity contribution in [2.45, 2.75) is 26.7 Å². The fraction of sp³-hybridized carbons (Fsp3) is 0.571. The highest BCUT2D eigenvalue weighted by atomic mass is 19.1. The van der Waals surface area contributed by atoms with Crippen molar-refractivity contribution in [1.82, 2.24) is 0 Å². The fourth-order valence-corrected chi connectivity index (χ4v) is 2.26. The van der Waals surface area contributed by atoms with E-state index in [2.05, 4.69) is 13.8 Å². The molecule has 0 unspecified atom stereocenters. The standard InChI is InChI=1S/C14H21FO2/c1-11(2)7-14(9-16,10-17)8-12-3-5-13(15)6-4-12/h3-6,11,16-17H,7-10H2,1-2H3. The molecule has 0 aliphatic heterocycles. The summed E-state index contributed by atoms with van der Waals surface area (Å²) in [4.78, 5) is 0. The second kappa shape index (κ2) is 6.12. The summed E-state index contributed by atoms with van der Waals surface area (Å²) in [6.45, 7) is 4.01. The zero-order valence-corrected chi connectivity index (χ0v) is 10.5. The van der Waals surface area contributed by atoms with E-state index in [1.807, 2.05) is 0 Å². The Hall–Kier alpha value is -0.930. The van der Waals surface area contributed by atoms with E-state index >= 15 is 0 Å². The van der Waals surface area contributed by atoms with Crippen molar-refractivity contribution < 1.29 is 14.6 Å². The molecule has 2 N–H and O–H groups in total. The van der Waals surface area contributed by atoms with Crippen LogP contribution in [0.2, 0.25) is 0 Å². The first kappa shape index (κ1) is 14.1. The Morgan fingerprint density at radius 3 is 2.06 bits per heavy atom. The first-order valence-corrected chi connectivity index (χ1v) is 5.97. The minimum absolute atomic E-state index is 0.0565. The van der Waals surface area contributed by atoms with Gasteiger partial charge in [-0.3, -0.25) is 0 Å². The average molecular weight is 240 g/mol. The van der Waals surface area contributed by atoms with Gasteiger partial charge in [0.1, 0.15) is 5.82 Å². The van der Waals surface area contributed by atoms with Crippen LogP contribution in [-0.2, 0) is 6.42 Å². The lowest BCUT2D eigenvalue weighted by atomic mass is 9.76. The highest BCUT2D eigenvalue weighted by Crippen LogP contribution is 2.30. The SMILES string of the molecule is CC(C)CC(CO)(CO)Cc1ccc(F)cc1. The van der Waals surface area contributed by atoms with Gasteiger partial charge in [-0.05, 0) is 36.5 Å². The Kier molecular flexibility index (Phi) is 5.09. The average Bonchev–Trinajstić information content (AvgIpc) is 2.30. The first-order chi connectivity index (χ1) is 8.01. The third-order valence-corrected chi connectivity index (χ3v) is 3.00. The number of rotatable bonds is 6. The van der Waals surface area contributed by atoms with Gasteiger partial charge >= 0.3 is 0 Å². The lowest BCUT2D eigenvalue weighted by molar-refractivity contribution is 0.0369. The maximum Gasteiger partial charge on any atom is 0.123 e. The molecule has 1 aromatic carbocycles. The number of aliphatic hydroxyl groups excluding tert-OH is 2. The Morgan fingerprint density at radius 1 is 1.12 bits per heavy atom. The van der Waals surface area contributed by atoms with Gasteiger partial charge in [0, 0.05) is 5.41 Å². The van der Waals surface area contributed by atoms with Gasteiger partial charge in [0.2, 0.25) is 0 Å². The molecule has 0 atom stereocenters. The van der Waals surface area contributed by atoms with Crippen molar-refractivity contribution in [3.63, 3.8) is 0 Å². The predicted molar refractivity (Wildman–Crippen MR) is 66.2 cm³/mol. The molecule has 2 nitrogen and oxygen atoms in total. The van der Waals surface area contributed by atoms with E-state index in [0.29, 0.717) is 12.3 Å². The van der Waals surface area contributed by atoms with Crippen LogP contribution in [-0.4, -0.2) is 23.4 Å². The molecule has 96 valence electrons. The molecule has 3 heteroatoms. The van der Waals surface area contributed by atoms with Crippen LogP contribution in [0.4, 0.5) is 4.39 Å². The molecule has 0 saturated heterocycles. The van der Waals surface area contributed by atoms with Gasteiger partial charge in [-0.15, -0.1) is 0 Å². The maximum atomic E-state index is 12.8. The van der Waals surface area contributed by atoms with Crippen LogP contribution in [0.1, 0.15) is 25.8 Å². The van der Waals surface area contributed by atoms with E-state index in [1.54, 1.807) is 12.1 Å². The van der Waals surface area contributed by atoms with Crippen molar-refractivity contribution in [1.29, 1.82) is 0 Å². The van der Waals surface area contributed by atoms with Crippen molar-refractivity contribution >= 4 is 0 Å². The molecule has 0 bridgehead atoms. The lowest BCUT2D eigenvalue weighted by Crippen LogP contribution is -2.34. The lowest BCUT2D eigenvalue weighted by Gasteiger charge is -2.31. The summed E-state index contributed by atoms with van der Waals surface area (Å²) in [5.74, 6) is 0.131. The molecule has 0 radical (unpaired) electrons. The maximum absolute atomic E-state index is 12.8. The molecule has 0 aromatic heterocycles. The van der Waals surface area contributed by atoms with Gasteiger partial charge in [0.05, 0.1) is 13.2 Å². The number of hydrogen-bond donors (Lipinski definition) is 2. The Labute approximate surface area is 102 Å². The van der Waals surface area contributed by atoms with Crippen LogP contribution in [0.3, 0.4) is 0 Å². The number of hydrogen-bond acceptors (Lipinski definition) is 2. The summed E-state index contributed by atoms with van der Waals surface area (Å²) >= 11 is 0. The summed E-state index contributed by atoms with van der Waals surface area (Å²) in [6, 6.07) is 6.22. The molecule has 17 heavy (non-hydrogen) atoms. The zero-order chi connectivity index (χ0) is 12.9. The molecule has 0 fully saturated rings. The van der Waals surface area contributed by atoms with E-state index in [1.165, 1.54) is 12.1 Å². The Bertz CT molecular complexity index is 329. The van der Waals surface area contributed by atoms with E-state index in [9.17, 15) is 14.6 Å². The second-order valence-corrected chi connectivity index (χ2v) is 5.22. The molecule has 0 spiro atoms. The molecule has 1 aromatic rings. The summed E-state index contributed by atoms with van der Waals surface area (Å²) in [5.41, 5.74) is 0.432. The zero-order valence-electron chi connectivity index (χ0n) is 10.5. The number of aliphatic hydroxyl groups is 2. The summed E-state index contributed by atoms with van der Waals surface area (Å²) in [6.07, 6.45) is 1.32. The van der Waals surface area contributed by atoms with Crippen molar-refractivity contribution in [2.24, 2.45) is 11.3 Å². The van der Waals surface area contributed by atoms with Crippen LogP contribution in [0, 0.1) is 17.2 Å². The van der Waals surface area contributed by atoms with Crippen molar-refractivity contribution in [2.75, 3.05) is 13.2 Å². The van der Waals surface area contributed by atoms with E-state index in [-0.39, 0.29) is 19.0 Å². The van der Waals surface area contributed by atoms with Crippen LogP contribution in [0.5, 0.6) is 0 Å². The van der Waals surface area contributed by atoms with Crippen LogP contribution in [0.25, 0.3) is 0 Å². The first-order valence-electron chi connectivity index (χ1n) is 5.97. The third kappa shape index (κ3) is 4.10. The van der Waals surface area contributed by atoms with Gasteiger partial charge in [-0.2, -0.15) is 0 Å². The molecular formula is C14H21FO2. The minimum atomic E-state index is -0.508. The number of halogens is 1. The third-order valence-electron chi connectivity index (χ3n) is 3.00. The van der Waals surface area contributed by atoms with Crippen LogP contribution < -0.4 is 0 Å². The Morgan fingerprint density at radius 2 is 1.65 bits per heavy atom. The monoisotopic (exact) mass is 240 g/mol. The van der Waals surface area contributed by atoms with Gasteiger partial charge in [0.15, 0.2) is 0 Å². The second-order valence-electron chi connectivity index (χ2n) is 5.22.